The minimum absolute atomic E-state index is 0.643. The fraction of sp³-hybridized carbons (Fsp3) is 0.643. The van der Waals surface area contributed by atoms with Crippen LogP contribution in [0.5, 0.6) is 5.88 Å². The predicted octanol–water partition coefficient (Wildman–Crippen LogP) is 2.12. The molecule has 4 nitrogen and oxygen atoms in total. The van der Waals surface area contributed by atoms with Gasteiger partial charge in [-0.1, -0.05) is 6.42 Å². The summed E-state index contributed by atoms with van der Waals surface area (Å²) >= 11 is 0. The van der Waals surface area contributed by atoms with Crippen molar-refractivity contribution in [1.82, 2.24) is 4.98 Å². The van der Waals surface area contributed by atoms with Crippen molar-refractivity contribution in [2.24, 2.45) is 11.8 Å². The lowest BCUT2D eigenvalue weighted by Crippen LogP contribution is -2.42. The smallest absolute Gasteiger partial charge is 0.215 e. The second kappa shape index (κ2) is 3.77. The van der Waals surface area contributed by atoms with Gasteiger partial charge in [-0.05, 0) is 30.7 Å². The molecular weight excluding hydrogens is 226 g/mol. The molecule has 18 heavy (non-hydrogen) atoms. The molecule has 0 amide bonds. The minimum atomic E-state index is 0.643. The Morgan fingerprint density at radius 3 is 3.22 bits per heavy atom. The molecular formula is C14H19N3O. The third-order valence-corrected chi connectivity index (χ3v) is 4.88. The van der Waals surface area contributed by atoms with E-state index in [4.69, 9.17) is 4.74 Å². The molecule has 3 atom stereocenters. The molecule has 1 saturated carbocycles. The maximum absolute atomic E-state index is 5.26. The zero-order valence-electron chi connectivity index (χ0n) is 10.7. The Labute approximate surface area is 107 Å². The molecule has 3 aliphatic rings. The van der Waals surface area contributed by atoms with Crippen LogP contribution < -0.4 is 15.0 Å². The van der Waals surface area contributed by atoms with E-state index in [1.54, 1.807) is 7.11 Å². The van der Waals surface area contributed by atoms with Gasteiger partial charge in [0.1, 0.15) is 0 Å². The molecule has 3 heterocycles. The maximum Gasteiger partial charge on any atom is 0.215 e. The van der Waals surface area contributed by atoms with Crippen LogP contribution in [0.3, 0.4) is 0 Å². The van der Waals surface area contributed by atoms with Crippen LogP contribution in [0.25, 0.3) is 0 Å². The molecule has 1 saturated heterocycles. The summed E-state index contributed by atoms with van der Waals surface area (Å²) < 4.78 is 5.26. The highest BCUT2D eigenvalue weighted by atomic mass is 16.5. The standard InChI is InChI=1S/C14H19N3O/c1-18-13-6-5-11-14(16-13)17-8-9-3-2-4-10(9)12(17)7-15-11/h5-6,9-10,12,15H,2-4,7-8H2,1H3. The lowest BCUT2D eigenvalue weighted by molar-refractivity contribution is 0.396. The van der Waals surface area contributed by atoms with Crippen LogP contribution >= 0.6 is 0 Å². The van der Waals surface area contributed by atoms with E-state index in [-0.39, 0.29) is 0 Å². The van der Waals surface area contributed by atoms with Crippen molar-refractivity contribution in [3.8, 4) is 5.88 Å². The number of nitrogens with one attached hydrogen (secondary N) is 1. The second-order valence-corrected chi connectivity index (χ2v) is 5.68. The van der Waals surface area contributed by atoms with Gasteiger partial charge in [0.25, 0.3) is 0 Å². The van der Waals surface area contributed by atoms with Crippen molar-refractivity contribution in [2.45, 2.75) is 25.3 Å². The highest BCUT2D eigenvalue weighted by Gasteiger charge is 2.46. The Morgan fingerprint density at radius 2 is 2.33 bits per heavy atom. The van der Waals surface area contributed by atoms with Crippen molar-refractivity contribution in [1.29, 1.82) is 0 Å². The first-order valence-electron chi connectivity index (χ1n) is 6.92. The number of hydrogen-bond donors (Lipinski definition) is 1. The first kappa shape index (κ1) is 10.5. The maximum atomic E-state index is 5.26. The van der Waals surface area contributed by atoms with Crippen LogP contribution in [-0.4, -0.2) is 31.2 Å². The van der Waals surface area contributed by atoms with Gasteiger partial charge in [0.05, 0.1) is 18.8 Å². The number of ether oxygens (including phenoxy) is 1. The molecule has 4 rings (SSSR count). The number of nitrogens with zero attached hydrogens (tertiary/aromatic N) is 2. The van der Waals surface area contributed by atoms with Gasteiger partial charge in [0, 0.05) is 19.2 Å². The molecule has 1 N–H and O–H groups in total. The molecule has 0 bridgehead atoms. The molecule has 3 unspecified atom stereocenters. The topological polar surface area (TPSA) is 37.4 Å². The number of anilines is 2. The number of pyridine rings is 1. The van der Waals surface area contributed by atoms with E-state index in [9.17, 15) is 0 Å². The SMILES string of the molecule is COc1ccc2c(n1)N1CC3CCCC3C1CN2. The van der Waals surface area contributed by atoms with Gasteiger partial charge in [-0.3, -0.25) is 0 Å². The third-order valence-electron chi connectivity index (χ3n) is 4.88. The van der Waals surface area contributed by atoms with E-state index in [2.05, 4.69) is 21.3 Å². The largest absolute Gasteiger partial charge is 0.481 e. The quantitative estimate of drug-likeness (QED) is 0.822. The molecule has 1 aromatic heterocycles. The Balaban J connectivity index is 1.73. The average Bonchev–Trinajstić information content (AvgIpc) is 2.98. The van der Waals surface area contributed by atoms with Gasteiger partial charge in [0.2, 0.25) is 5.88 Å². The highest BCUT2D eigenvalue weighted by molar-refractivity contribution is 5.70. The summed E-state index contributed by atoms with van der Waals surface area (Å²) in [5.41, 5.74) is 1.16. The number of methoxy groups -OCH3 is 1. The summed E-state index contributed by atoms with van der Waals surface area (Å²) in [7, 11) is 1.68. The van der Waals surface area contributed by atoms with Crippen molar-refractivity contribution >= 4 is 11.5 Å². The van der Waals surface area contributed by atoms with Gasteiger partial charge in [-0.25, -0.2) is 0 Å². The first-order chi connectivity index (χ1) is 8.86. The van der Waals surface area contributed by atoms with Crippen LogP contribution in [0.15, 0.2) is 12.1 Å². The molecule has 1 aliphatic carbocycles. The molecule has 2 aliphatic heterocycles. The zero-order chi connectivity index (χ0) is 12.1. The molecule has 2 fully saturated rings. The minimum Gasteiger partial charge on any atom is -0.481 e. The number of hydrogen-bond acceptors (Lipinski definition) is 4. The van der Waals surface area contributed by atoms with E-state index in [1.165, 1.54) is 25.8 Å². The Bertz CT molecular complexity index is 476. The summed E-state index contributed by atoms with van der Waals surface area (Å²) in [4.78, 5) is 7.16. The van der Waals surface area contributed by atoms with Crippen molar-refractivity contribution in [3.05, 3.63) is 12.1 Å². The lowest BCUT2D eigenvalue weighted by atomic mass is 9.93. The molecule has 4 heteroatoms. The molecule has 1 aromatic rings. The normalized spacial score (nSPS) is 32.5. The van der Waals surface area contributed by atoms with Gasteiger partial charge >= 0.3 is 0 Å². The van der Waals surface area contributed by atoms with Crippen molar-refractivity contribution in [2.75, 3.05) is 30.4 Å². The monoisotopic (exact) mass is 245 g/mol. The highest BCUT2D eigenvalue weighted by Crippen LogP contribution is 2.47. The van der Waals surface area contributed by atoms with E-state index in [1.807, 2.05) is 6.07 Å². The van der Waals surface area contributed by atoms with Crippen molar-refractivity contribution < 1.29 is 4.74 Å². The van der Waals surface area contributed by atoms with Crippen LogP contribution in [0.1, 0.15) is 19.3 Å². The first-order valence-corrected chi connectivity index (χ1v) is 6.92. The molecule has 0 aromatic carbocycles. The number of fused-ring (bicyclic) bond motifs is 5. The van der Waals surface area contributed by atoms with E-state index in [0.29, 0.717) is 11.9 Å². The van der Waals surface area contributed by atoms with Gasteiger partial charge in [0.15, 0.2) is 5.82 Å². The summed E-state index contributed by atoms with van der Waals surface area (Å²) in [6, 6.07) is 4.67. The summed E-state index contributed by atoms with van der Waals surface area (Å²) in [6.07, 6.45) is 4.21. The molecule has 0 radical (unpaired) electrons. The summed E-state index contributed by atoms with van der Waals surface area (Å²) in [5.74, 6) is 3.57. The lowest BCUT2D eigenvalue weighted by Gasteiger charge is -2.35. The van der Waals surface area contributed by atoms with Crippen LogP contribution in [0.2, 0.25) is 0 Å². The average molecular weight is 245 g/mol. The van der Waals surface area contributed by atoms with E-state index < -0.39 is 0 Å². The van der Waals surface area contributed by atoms with Crippen LogP contribution in [-0.2, 0) is 0 Å². The summed E-state index contributed by atoms with van der Waals surface area (Å²) in [5, 5.41) is 3.54. The molecule has 96 valence electrons. The van der Waals surface area contributed by atoms with Gasteiger partial charge < -0.3 is 15.0 Å². The van der Waals surface area contributed by atoms with Gasteiger partial charge in [-0.2, -0.15) is 4.98 Å². The second-order valence-electron chi connectivity index (χ2n) is 5.68. The molecule has 0 spiro atoms. The number of aromatic nitrogens is 1. The third kappa shape index (κ3) is 1.35. The van der Waals surface area contributed by atoms with Gasteiger partial charge in [-0.15, -0.1) is 0 Å². The van der Waals surface area contributed by atoms with Crippen molar-refractivity contribution in [3.63, 3.8) is 0 Å². The Kier molecular flexibility index (Phi) is 2.19. The fourth-order valence-electron chi connectivity index (χ4n) is 4.04. The zero-order valence-corrected chi connectivity index (χ0v) is 10.7. The van der Waals surface area contributed by atoms with E-state index in [0.717, 1.165) is 29.9 Å². The van der Waals surface area contributed by atoms with Crippen LogP contribution in [0, 0.1) is 11.8 Å². The van der Waals surface area contributed by atoms with Crippen LogP contribution in [0.4, 0.5) is 11.5 Å². The summed E-state index contributed by atoms with van der Waals surface area (Å²) in [6.45, 7) is 2.26. The Hall–Kier alpha value is -1.45. The number of rotatable bonds is 1. The fourth-order valence-corrected chi connectivity index (χ4v) is 4.04. The van der Waals surface area contributed by atoms with E-state index >= 15 is 0 Å². The Morgan fingerprint density at radius 1 is 1.39 bits per heavy atom. The predicted molar refractivity (Wildman–Crippen MR) is 71.2 cm³/mol.